The number of sulfonamides is 1. The molecule has 0 unspecified atom stereocenters. The Morgan fingerprint density at radius 1 is 1.37 bits per heavy atom. The number of nitrogens with two attached hydrogens (primary N) is 1. The lowest BCUT2D eigenvalue weighted by Gasteiger charge is -2.22. The molecule has 0 saturated heterocycles. The highest BCUT2D eigenvalue weighted by Gasteiger charge is 2.36. The molecule has 1 rings (SSSR count). The van der Waals surface area contributed by atoms with Crippen LogP contribution < -0.4 is 5.73 Å². The van der Waals surface area contributed by atoms with E-state index in [9.17, 15) is 21.6 Å². The second-order valence-electron chi connectivity index (χ2n) is 3.73. The van der Waals surface area contributed by atoms with Crippen LogP contribution in [0, 0.1) is 0 Å². The maximum atomic E-state index is 12.3. The van der Waals surface area contributed by atoms with Crippen molar-refractivity contribution in [2.24, 2.45) is 0 Å². The molecule has 108 valence electrons. The highest BCUT2D eigenvalue weighted by atomic mass is 35.5. The normalized spacial score (nSPS) is 12.9. The van der Waals surface area contributed by atoms with Gasteiger partial charge in [-0.05, 0) is 18.2 Å². The van der Waals surface area contributed by atoms with Crippen molar-refractivity contribution in [3.8, 4) is 0 Å². The predicted molar refractivity (Wildman–Crippen MR) is 66.4 cm³/mol. The lowest BCUT2D eigenvalue weighted by molar-refractivity contribution is -0.135. The third-order valence-electron chi connectivity index (χ3n) is 2.30. The quantitative estimate of drug-likeness (QED) is 0.868. The van der Waals surface area contributed by atoms with Crippen molar-refractivity contribution >= 4 is 27.3 Å². The predicted octanol–water partition coefficient (Wildman–Crippen LogP) is 2.50. The fourth-order valence-electron chi connectivity index (χ4n) is 1.46. The zero-order valence-electron chi connectivity index (χ0n) is 9.91. The van der Waals surface area contributed by atoms with Gasteiger partial charge in [-0.3, -0.25) is 0 Å². The number of rotatable bonds is 4. The van der Waals surface area contributed by atoms with E-state index in [1.807, 2.05) is 0 Å². The molecule has 0 aliphatic heterocycles. The second-order valence-corrected chi connectivity index (χ2v) is 6.07. The van der Waals surface area contributed by atoms with E-state index >= 15 is 0 Å². The summed E-state index contributed by atoms with van der Waals surface area (Å²) in [6.07, 6.45) is -4.62. The minimum atomic E-state index is -4.62. The molecule has 0 bridgehead atoms. The van der Waals surface area contributed by atoms with Gasteiger partial charge >= 0.3 is 6.18 Å². The van der Waals surface area contributed by atoms with Gasteiger partial charge in [0.05, 0.1) is 5.69 Å². The van der Waals surface area contributed by atoms with Gasteiger partial charge in [-0.2, -0.15) is 17.5 Å². The Bertz CT molecular complexity index is 560. The van der Waals surface area contributed by atoms with Gasteiger partial charge in [0.15, 0.2) is 0 Å². The summed E-state index contributed by atoms with van der Waals surface area (Å²) in [4.78, 5) is -0.386. The summed E-state index contributed by atoms with van der Waals surface area (Å²) in [6.45, 7) is -0.562. The maximum absolute atomic E-state index is 12.3. The monoisotopic (exact) mass is 316 g/mol. The SMILES string of the molecule is CCN(CC(F)(F)F)S(=O)(=O)c1ccc(Cl)cc1N. The summed E-state index contributed by atoms with van der Waals surface area (Å²) in [5.41, 5.74) is 5.31. The first-order chi connectivity index (χ1) is 8.58. The minimum Gasteiger partial charge on any atom is -0.398 e. The highest BCUT2D eigenvalue weighted by Crippen LogP contribution is 2.27. The molecule has 0 aromatic heterocycles. The number of anilines is 1. The molecule has 1 aromatic rings. The van der Waals surface area contributed by atoms with Crippen molar-refractivity contribution in [1.82, 2.24) is 4.31 Å². The van der Waals surface area contributed by atoms with Crippen LogP contribution in [0.5, 0.6) is 0 Å². The number of hydrogen-bond acceptors (Lipinski definition) is 3. The van der Waals surface area contributed by atoms with Crippen molar-refractivity contribution in [2.45, 2.75) is 18.0 Å². The molecule has 0 heterocycles. The lowest BCUT2D eigenvalue weighted by Crippen LogP contribution is -2.39. The smallest absolute Gasteiger partial charge is 0.398 e. The summed E-state index contributed by atoms with van der Waals surface area (Å²) in [7, 11) is -4.30. The molecule has 0 spiro atoms. The summed E-state index contributed by atoms with van der Waals surface area (Å²) in [6, 6.07) is 3.52. The average Bonchev–Trinajstić information content (AvgIpc) is 2.23. The zero-order chi connectivity index (χ0) is 14.8. The van der Waals surface area contributed by atoms with Gasteiger partial charge in [-0.1, -0.05) is 18.5 Å². The van der Waals surface area contributed by atoms with Crippen LogP contribution in [0.1, 0.15) is 6.92 Å². The molecule has 0 fully saturated rings. The number of benzene rings is 1. The summed E-state index contributed by atoms with van der Waals surface area (Å²) in [5.74, 6) is 0. The van der Waals surface area contributed by atoms with E-state index < -0.39 is 22.7 Å². The van der Waals surface area contributed by atoms with Crippen LogP contribution in [-0.4, -0.2) is 32.0 Å². The number of alkyl halides is 3. The van der Waals surface area contributed by atoms with Gasteiger partial charge in [0.2, 0.25) is 10.0 Å². The van der Waals surface area contributed by atoms with Crippen molar-refractivity contribution < 1.29 is 21.6 Å². The highest BCUT2D eigenvalue weighted by molar-refractivity contribution is 7.89. The molecule has 19 heavy (non-hydrogen) atoms. The van der Waals surface area contributed by atoms with Crippen LogP contribution in [0.15, 0.2) is 23.1 Å². The summed E-state index contributed by atoms with van der Waals surface area (Å²) in [5, 5.41) is 0.204. The molecule has 0 atom stereocenters. The van der Waals surface area contributed by atoms with Crippen molar-refractivity contribution in [2.75, 3.05) is 18.8 Å². The van der Waals surface area contributed by atoms with E-state index in [0.29, 0.717) is 4.31 Å². The van der Waals surface area contributed by atoms with Crippen LogP contribution in [-0.2, 0) is 10.0 Å². The number of hydrogen-bond donors (Lipinski definition) is 1. The van der Waals surface area contributed by atoms with Gasteiger partial charge in [0.25, 0.3) is 0 Å². The zero-order valence-corrected chi connectivity index (χ0v) is 11.5. The van der Waals surface area contributed by atoms with Crippen molar-refractivity contribution in [3.05, 3.63) is 23.2 Å². The number of nitrogen functional groups attached to an aromatic ring is 1. The number of nitrogens with zero attached hydrogens (tertiary/aromatic N) is 1. The molecule has 1 aromatic carbocycles. The van der Waals surface area contributed by atoms with Crippen molar-refractivity contribution in [1.29, 1.82) is 0 Å². The molecule has 4 nitrogen and oxygen atoms in total. The maximum Gasteiger partial charge on any atom is 0.402 e. The Morgan fingerprint density at radius 2 is 1.95 bits per heavy atom. The first-order valence-electron chi connectivity index (χ1n) is 5.20. The van der Waals surface area contributed by atoms with E-state index in [1.54, 1.807) is 0 Å². The van der Waals surface area contributed by atoms with Crippen LogP contribution in [0.2, 0.25) is 5.02 Å². The molecule has 0 aliphatic carbocycles. The molecule has 9 heteroatoms. The third kappa shape index (κ3) is 3.99. The lowest BCUT2D eigenvalue weighted by atomic mass is 10.3. The van der Waals surface area contributed by atoms with Crippen molar-refractivity contribution in [3.63, 3.8) is 0 Å². The Labute approximate surface area is 114 Å². The largest absolute Gasteiger partial charge is 0.402 e. The minimum absolute atomic E-state index is 0.187. The Hall–Kier alpha value is -0.990. The first-order valence-corrected chi connectivity index (χ1v) is 7.01. The van der Waals surface area contributed by atoms with Gasteiger partial charge in [0.1, 0.15) is 11.4 Å². The Kier molecular flexibility index (Phi) is 4.70. The van der Waals surface area contributed by atoms with Gasteiger partial charge < -0.3 is 5.73 Å². The van der Waals surface area contributed by atoms with Crippen LogP contribution >= 0.6 is 11.6 Å². The molecule has 2 N–H and O–H groups in total. The van der Waals surface area contributed by atoms with Crippen LogP contribution in [0.25, 0.3) is 0 Å². The topological polar surface area (TPSA) is 63.4 Å². The van der Waals surface area contributed by atoms with Gasteiger partial charge in [-0.15, -0.1) is 0 Å². The molecule has 0 amide bonds. The Balaban J connectivity index is 3.21. The van der Waals surface area contributed by atoms with Gasteiger partial charge in [-0.25, -0.2) is 8.42 Å². The van der Waals surface area contributed by atoms with Crippen LogP contribution in [0.4, 0.5) is 18.9 Å². The Morgan fingerprint density at radius 3 is 2.37 bits per heavy atom. The number of halogens is 4. The van der Waals surface area contributed by atoms with Gasteiger partial charge in [0, 0.05) is 11.6 Å². The molecular formula is C10H12ClF3N2O2S. The standard InChI is InChI=1S/C10H12ClF3N2O2S/c1-2-16(6-10(12,13)14)19(17,18)9-4-3-7(11)5-8(9)15/h3-5H,2,6,15H2,1H3. The average molecular weight is 317 g/mol. The summed E-state index contributed by atoms with van der Waals surface area (Å²) < 4.78 is 61.5. The second kappa shape index (κ2) is 5.56. The first kappa shape index (κ1) is 16.1. The fourth-order valence-corrected chi connectivity index (χ4v) is 3.17. The van der Waals surface area contributed by atoms with E-state index in [0.717, 1.165) is 6.07 Å². The van der Waals surface area contributed by atoms with E-state index in [1.165, 1.54) is 19.1 Å². The van der Waals surface area contributed by atoms with Crippen LogP contribution in [0.3, 0.4) is 0 Å². The van der Waals surface area contributed by atoms with E-state index in [2.05, 4.69) is 0 Å². The third-order valence-corrected chi connectivity index (χ3v) is 4.53. The molecule has 0 saturated carbocycles. The molecular weight excluding hydrogens is 305 g/mol. The molecule has 0 aliphatic rings. The fraction of sp³-hybridized carbons (Fsp3) is 0.400. The summed E-state index contributed by atoms with van der Waals surface area (Å²) >= 11 is 5.62. The van der Waals surface area contributed by atoms with E-state index in [-0.39, 0.29) is 22.2 Å². The molecule has 0 radical (unpaired) electrons. The van der Waals surface area contributed by atoms with E-state index in [4.69, 9.17) is 17.3 Å².